The molecule has 15 heavy (non-hydrogen) atoms. The van der Waals surface area contributed by atoms with Gasteiger partial charge in [0.2, 0.25) is 10.0 Å². The van der Waals surface area contributed by atoms with Crippen molar-refractivity contribution in [2.75, 3.05) is 19.3 Å². The molecule has 0 aromatic rings. The molecule has 0 N–H and O–H groups in total. The molecule has 2 aliphatic rings. The lowest BCUT2D eigenvalue weighted by atomic mass is 10.4. The maximum absolute atomic E-state index is 11.8. The Morgan fingerprint density at radius 1 is 1.00 bits per heavy atom. The van der Waals surface area contributed by atoms with Gasteiger partial charge in [0, 0.05) is 19.3 Å². The van der Waals surface area contributed by atoms with Gasteiger partial charge < -0.3 is 0 Å². The molecule has 0 bridgehead atoms. The molecule has 88 valence electrons. The molecule has 1 heterocycles. The fraction of sp³-hybridized carbons (Fsp3) is 1.00. The summed E-state index contributed by atoms with van der Waals surface area (Å²) in [7, 11) is -6.30. The molecule has 1 atom stereocenters. The van der Waals surface area contributed by atoms with Gasteiger partial charge in [-0.05, 0) is 19.3 Å². The van der Waals surface area contributed by atoms with E-state index in [0.717, 1.165) is 12.8 Å². The van der Waals surface area contributed by atoms with E-state index in [1.54, 1.807) is 0 Å². The summed E-state index contributed by atoms with van der Waals surface area (Å²) in [6, 6.07) is 0. The van der Waals surface area contributed by atoms with E-state index in [2.05, 4.69) is 0 Å². The van der Waals surface area contributed by atoms with Gasteiger partial charge in [0.05, 0.1) is 10.5 Å². The monoisotopic (exact) mass is 253 g/mol. The molecule has 2 rings (SSSR count). The minimum Gasteiger partial charge on any atom is -0.229 e. The lowest BCUT2D eigenvalue weighted by Crippen LogP contribution is -2.33. The third-order valence-electron chi connectivity index (χ3n) is 3.02. The molecule has 1 saturated carbocycles. The Hall–Kier alpha value is -0.140. The Morgan fingerprint density at radius 3 is 2.00 bits per heavy atom. The van der Waals surface area contributed by atoms with Gasteiger partial charge in [0.1, 0.15) is 0 Å². The van der Waals surface area contributed by atoms with Crippen molar-refractivity contribution in [3.63, 3.8) is 0 Å². The molecule has 0 aromatic carbocycles. The second kappa shape index (κ2) is 3.43. The zero-order valence-electron chi connectivity index (χ0n) is 8.59. The molecular formula is C8H15NO4S2. The van der Waals surface area contributed by atoms with Crippen LogP contribution in [0.5, 0.6) is 0 Å². The first-order valence-corrected chi connectivity index (χ1v) is 8.45. The normalized spacial score (nSPS) is 29.5. The first-order valence-electron chi connectivity index (χ1n) is 4.99. The van der Waals surface area contributed by atoms with E-state index in [9.17, 15) is 16.8 Å². The van der Waals surface area contributed by atoms with Crippen molar-refractivity contribution in [2.45, 2.75) is 29.8 Å². The highest BCUT2D eigenvalue weighted by Gasteiger charge is 2.44. The number of hydrogen-bond donors (Lipinski definition) is 0. The van der Waals surface area contributed by atoms with E-state index in [1.165, 1.54) is 10.6 Å². The summed E-state index contributed by atoms with van der Waals surface area (Å²) >= 11 is 0. The van der Waals surface area contributed by atoms with E-state index in [-0.39, 0.29) is 11.8 Å². The SMILES string of the molecule is CS(=O)(=O)C1CCN(S(=O)(=O)C2CC2)C1. The van der Waals surface area contributed by atoms with Gasteiger partial charge in [-0.15, -0.1) is 0 Å². The summed E-state index contributed by atoms with van der Waals surface area (Å²) in [4.78, 5) is 0. The third-order valence-corrected chi connectivity index (χ3v) is 6.98. The number of sulfonamides is 1. The molecule has 1 saturated heterocycles. The fourth-order valence-electron chi connectivity index (χ4n) is 1.86. The van der Waals surface area contributed by atoms with Crippen molar-refractivity contribution in [1.29, 1.82) is 0 Å². The van der Waals surface area contributed by atoms with E-state index in [1.807, 2.05) is 0 Å². The van der Waals surface area contributed by atoms with Crippen LogP contribution in [0.4, 0.5) is 0 Å². The minimum absolute atomic E-state index is 0.150. The highest BCUT2D eigenvalue weighted by Crippen LogP contribution is 2.33. The van der Waals surface area contributed by atoms with Gasteiger partial charge in [-0.1, -0.05) is 0 Å². The lowest BCUT2D eigenvalue weighted by Gasteiger charge is -2.15. The van der Waals surface area contributed by atoms with E-state index < -0.39 is 25.1 Å². The van der Waals surface area contributed by atoms with Gasteiger partial charge in [0.25, 0.3) is 0 Å². The average molecular weight is 253 g/mol. The summed E-state index contributed by atoms with van der Waals surface area (Å²) in [5.74, 6) is 0. The number of hydrogen-bond acceptors (Lipinski definition) is 4. The quantitative estimate of drug-likeness (QED) is 0.686. The van der Waals surface area contributed by atoms with Gasteiger partial charge >= 0.3 is 0 Å². The maximum Gasteiger partial charge on any atom is 0.217 e. The van der Waals surface area contributed by atoms with Crippen LogP contribution in [0.1, 0.15) is 19.3 Å². The molecule has 5 nitrogen and oxygen atoms in total. The number of rotatable bonds is 3. The van der Waals surface area contributed by atoms with Gasteiger partial charge in [-0.2, -0.15) is 0 Å². The largest absolute Gasteiger partial charge is 0.229 e. The topological polar surface area (TPSA) is 71.5 Å². The van der Waals surface area contributed by atoms with Crippen molar-refractivity contribution in [3.05, 3.63) is 0 Å². The molecule has 7 heteroatoms. The molecule has 1 unspecified atom stereocenters. The highest BCUT2D eigenvalue weighted by atomic mass is 32.2. The molecule has 1 aliphatic heterocycles. The summed E-state index contributed by atoms with van der Waals surface area (Å²) in [5.41, 5.74) is 0. The van der Waals surface area contributed by atoms with Crippen LogP contribution in [-0.4, -0.2) is 51.0 Å². The Morgan fingerprint density at radius 2 is 1.60 bits per heavy atom. The highest BCUT2D eigenvalue weighted by molar-refractivity contribution is 7.91. The third kappa shape index (κ3) is 2.19. The van der Waals surface area contributed by atoms with E-state index >= 15 is 0 Å². The first kappa shape index (κ1) is 11.3. The molecule has 1 aliphatic carbocycles. The zero-order valence-corrected chi connectivity index (χ0v) is 10.2. The molecule has 2 fully saturated rings. The molecule has 0 radical (unpaired) electrons. The number of nitrogens with zero attached hydrogens (tertiary/aromatic N) is 1. The molecule has 0 aromatic heterocycles. The van der Waals surface area contributed by atoms with Crippen molar-refractivity contribution >= 4 is 19.9 Å². The standard InChI is InChI=1S/C8H15NO4S2/c1-14(10,11)8-4-5-9(6-8)15(12,13)7-2-3-7/h7-8H,2-6H2,1H3. The minimum atomic E-state index is -3.19. The predicted molar refractivity (Wildman–Crippen MR) is 56.8 cm³/mol. The van der Waals surface area contributed by atoms with Crippen LogP contribution < -0.4 is 0 Å². The van der Waals surface area contributed by atoms with Crippen LogP contribution in [0.15, 0.2) is 0 Å². The van der Waals surface area contributed by atoms with Gasteiger partial charge in [0.15, 0.2) is 9.84 Å². The van der Waals surface area contributed by atoms with Crippen molar-refractivity contribution in [1.82, 2.24) is 4.31 Å². The van der Waals surface area contributed by atoms with E-state index in [4.69, 9.17) is 0 Å². The molecular weight excluding hydrogens is 238 g/mol. The second-order valence-corrected chi connectivity index (χ2v) is 8.88. The average Bonchev–Trinajstić information content (AvgIpc) is 2.80. The van der Waals surface area contributed by atoms with Crippen molar-refractivity contribution < 1.29 is 16.8 Å². The van der Waals surface area contributed by atoms with Crippen LogP contribution in [0.25, 0.3) is 0 Å². The van der Waals surface area contributed by atoms with Crippen LogP contribution >= 0.6 is 0 Å². The van der Waals surface area contributed by atoms with Gasteiger partial charge in [-0.25, -0.2) is 21.1 Å². The summed E-state index contributed by atoms with van der Waals surface area (Å²) in [5, 5.41) is -0.748. The zero-order chi connectivity index (χ0) is 11.3. The molecule has 0 amide bonds. The van der Waals surface area contributed by atoms with Gasteiger partial charge in [-0.3, -0.25) is 0 Å². The molecule has 0 spiro atoms. The second-order valence-electron chi connectivity index (χ2n) is 4.34. The lowest BCUT2D eigenvalue weighted by molar-refractivity contribution is 0.475. The first-order chi connectivity index (χ1) is 6.82. The predicted octanol–water partition coefficient (Wildman–Crippen LogP) is -0.402. The van der Waals surface area contributed by atoms with Crippen molar-refractivity contribution in [3.8, 4) is 0 Å². The van der Waals surface area contributed by atoms with Crippen LogP contribution in [-0.2, 0) is 19.9 Å². The smallest absolute Gasteiger partial charge is 0.217 e. The Balaban J connectivity index is 2.11. The van der Waals surface area contributed by atoms with Crippen LogP contribution in [0.2, 0.25) is 0 Å². The number of sulfone groups is 1. The summed E-state index contributed by atoms with van der Waals surface area (Å²) in [6.45, 7) is 0.508. The fourth-order valence-corrected chi connectivity index (χ4v) is 4.83. The van der Waals surface area contributed by atoms with E-state index in [0.29, 0.717) is 13.0 Å². The summed E-state index contributed by atoms with van der Waals surface area (Å²) < 4.78 is 47.5. The van der Waals surface area contributed by atoms with Crippen LogP contribution in [0, 0.1) is 0 Å². The Bertz CT molecular complexity index is 449. The summed E-state index contributed by atoms with van der Waals surface area (Å²) in [6.07, 6.45) is 3.06. The van der Waals surface area contributed by atoms with Crippen LogP contribution in [0.3, 0.4) is 0 Å². The Labute approximate surface area is 90.4 Å². The maximum atomic E-state index is 11.8. The Kier molecular flexibility index (Phi) is 2.59. The van der Waals surface area contributed by atoms with Crippen molar-refractivity contribution in [2.24, 2.45) is 0 Å².